The molecule has 3 unspecified atom stereocenters. The highest BCUT2D eigenvalue weighted by atomic mass is 16.6. The second-order valence-corrected chi connectivity index (χ2v) is 9.49. The van der Waals surface area contributed by atoms with E-state index in [-0.39, 0.29) is 29.4 Å². The van der Waals surface area contributed by atoms with Gasteiger partial charge in [0.15, 0.2) is 11.5 Å². The molecule has 1 heterocycles. The van der Waals surface area contributed by atoms with E-state index < -0.39 is 0 Å². The van der Waals surface area contributed by atoms with E-state index in [2.05, 4.69) is 22.8 Å². The number of hydrogen-bond donors (Lipinski definition) is 2. The molecule has 0 saturated carbocycles. The van der Waals surface area contributed by atoms with Gasteiger partial charge in [-0.2, -0.15) is 0 Å². The molecular formula is C26H30N2O4. The smallest absolute Gasteiger partial charge is 0.308 e. The number of rotatable bonds is 4. The Kier molecular flexibility index (Phi) is 5.71. The Balaban J connectivity index is 1.66. The largest absolute Gasteiger partial charge is 0.493 e. The van der Waals surface area contributed by atoms with Crippen molar-refractivity contribution in [3.05, 3.63) is 65.2 Å². The third kappa shape index (κ3) is 4.35. The van der Waals surface area contributed by atoms with Gasteiger partial charge in [0.05, 0.1) is 13.2 Å². The van der Waals surface area contributed by atoms with E-state index in [1.54, 1.807) is 13.2 Å². The van der Waals surface area contributed by atoms with Crippen molar-refractivity contribution in [2.75, 3.05) is 12.4 Å². The maximum Gasteiger partial charge on any atom is 0.308 e. The minimum atomic E-state index is -0.382. The maximum absolute atomic E-state index is 12.7. The topological polar surface area (TPSA) is 76.7 Å². The molecule has 1 aliphatic heterocycles. The summed E-state index contributed by atoms with van der Waals surface area (Å²) in [6.07, 6.45) is 5.40. The van der Waals surface area contributed by atoms with Crippen LogP contribution in [0.3, 0.4) is 0 Å². The zero-order valence-corrected chi connectivity index (χ0v) is 19.2. The van der Waals surface area contributed by atoms with Crippen molar-refractivity contribution >= 4 is 17.6 Å². The van der Waals surface area contributed by atoms with Crippen LogP contribution in [0, 0.1) is 5.92 Å². The minimum absolute atomic E-state index is 0.0632. The molecule has 2 N–H and O–H groups in total. The molecule has 0 aromatic heterocycles. The average Bonchev–Trinajstić information content (AvgIpc) is 3.22. The van der Waals surface area contributed by atoms with E-state index >= 15 is 0 Å². The predicted molar refractivity (Wildman–Crippen MR) is 124 cm³/mol. The maximum atomic E-state index is 12.7. The Morgan fingerprint density at radius 2 is 1.88 bits per heavy atom. The normalized spacial score (nSPS) is 21.2. The summed E-state index contributed by atoms with van der Waals surface area (Å²) in [7, 11) is 1.57. The Morgan fingerprint density at radius 3 is 2.56 bits per heavy atom. The summed E-state index contributed by atoms with van der Waals surface area (Å²) in [5, 5.41) is 6.72. The molecule has 3 atom stereocenters. The Morgan fingerprint density at radius 1 is 1.09 bits per heavy atom. The summed E-state index contributed by atoms with van der Waals surface area (Å²) in [6, 6.07) is 11.6. The van der Waals surface area contributed by atoms with Crippen LogP contribution in [0.15, 0.2) is 48.6 Å². The van der Waals surface area contributed by atoms with Crippen LogP contribution in [-0.4, -0.2) is 24.5 Å². The molecule has 2 aromatic carbocycles. The molecule has 0 radical (unpaired) electrons. The van der Waals surface area contributed by atoms with Crippen LogP contribution < -0.4 is 20.1 Å². The monoisotopic (exact) mass is 434 g/mol. The van der Waals surface area contributed by atoms with Crippen molar-refractivity contribution in [2.45, 2.75) is 51.6 Å². The number of methoxy groups -OCH3 is 1. The Labute approximate surface area is 189 Å². The van der Waals surface area contributed by atoms with Crippen LogP contribution >= 0.6 is 0 Å². The van der Waals surface area contributed by atoms with E-state index in [0.717, 1.165) is 23.2 Å². The molecule has 0 fully saturated rings. The summed E-state index contributed by atoms with van der Waals surface area (Å²) in [5.74, 6) is 1.03. The Hall–Kier alpha value is -3.28. The highest BCUT2D eigenvalue weighted by molar-refractivity contribution is 5.95. The zero-order valence-electron chi connectivity index (χ0n) is 19.2. The standard InChI is InChI=1S/C26H30N2O4/c1-15(29)32-22-12-10-16(14-23(22)31-5)24-19-8-6-7-18(19)20-13-17(9-11-21(20)27-24)25(30)28-26(2,3)4/h6-7,9-14,18-19,24,27H,8H2,1-5H3,(H,28,30). The summed E-state index contributed by atoms with van der Waals surface area (Å²) < 4.78 is 10.7. The van der Waals surface area contributed by atoms with Crippen molar-refractivity contribution < 1.29 is 19.1 Å². The number of hydrogen-bond acceptors (Lipinski definition) is 5. The lowest BCUT2D eigenvalue weighted by molar-refractivity contribution is -0.132. The fourth-order valence-corrected chi connectivity index (χ4v) is 4.60. The van der Waals surface area contributed by atoms with Crippen LogP contribution in [0.1, 0.15) is 67.6 Å². The molecule has 0 bridgehead atoms. The van der Waals surface area contributed by atoms with Gasteiger partial charge in [0.2, 0.25) is 0 Å². The third-order valence-electron chi connectivity index (χ3n) is 5.91. The minimum Gasteiger partial charge on any atom is -0.493 e. The second-order valence-electron chi connectivity index (χ2n) is 9.49. The average molecular weight is 435 g/mol. The highest BCUT2D eigenvalue weighted by Gasteiger charge is 2.38. The molecule has 0 saturated heterocycles. The Bertz CT molecular complexity index is 1080. The lowest BCUT2D eigenvalue weighted by atomic mass is 9.76. The first-order valence-corrected chi connectivity index (χ1v) is 10.9. The molecule has 2 aliphatic rings. The number of benzene rings is 2. The number of fused-ring (bicyclic) bond motifs is 3. The van der Waals surface area contributed by atoms with Crippen molar-refractivity contribution in [1.29, 1.82) is 0 Å². The van der Waals surface area contributed by atoms with Gasteiger partial charge in [-0.15, -0.1) is 0 Å². The van der Waals surface area contributed by atoms with Gasteiger partial charge in [-0.05, 0) is 74.6 Å². The molecule has 168 valence electrons. The lowest BCUT2D eigenvalue weighted by Gasteiger charge is -2.38. The van der Waals surface area contributed by atoms with E-state index in [4.69, 9.17) is 9.47 Å². The first-order valence-electron chi connectivity index (χ1n) is 10.9. The van der Waals surface area contributed by atoms with Crippen molar-refractivity contribution in [3.8, 4) is 11.5 Å². The van der Waals surface area contributed by atoms with Crippen molar-refractivity contribution in [1.82, 2.24) is 5.32 Å². The van der Waals surface area contributed by atoms with Crippen molar-refractivity contribution in [3.63, 3.8) is 0 Å². The van der Waals surface area contributed by atoms with Crippen LogP contribution in [0.2, 0.25) is 0 Å². The first-order chi connectivity index (χ1) is 15.2. The number of ether oxygens (including phenoxy) is 2. The lowest BCUT2D eigenvalue weighted by Crippen LogP contribution is -2.40. The van der Waals surface area contributed by atoms with Gasteiger partial charge in [0, 0.05) is 29.6 Å². The van der Waals surface area contributed by atoms with E-state index in [9.17, 15) is 9.59 Å². The molecule has 6 heteroatoms. The summed E-state index contributed by atoms with van der Waals surface area (Å²) >= 11 is 0. The molecule has 4 rings (SSSR count). The fraction of sp³-hybridized carbons (Fsp3) is 0.385. The number of carbonyl (C=O) groups is 2. The number of anilines is 1. The molecule has 0 spiro atoms. The zero-order chi connectivity index (χ0) is 23.0. The van der Waals surface area contributed by atoms with Gasteiger partial charge in [-0.1, -0.05) is 18.2 Å². The number of allylic oxidation sites excluding steroid dienone is 2. The quantitative estimate of drug-likeness (QED) is 0.403. The van der Waals surface area contributed by atoms with Crippen molar-refractivity contribution in [2.24, 2.45) is 5.92 Å². The van der Waals surface area contributed by atoms with Crippen LogP contribution in [-0.2, 0) is 4.79 Å². The van der Waals surface area contributed by atoms with Gasteiger partial charge in [-0.3, -0.25) is 9.59 Å². The summed E-state index contributed by atoms with van der Waals surface area (Å²) in [5.41, 5.74) is 3.62. The van der Waals surface area contributed by atoms with Crippen LogP contribution in [0.5, 0.6) is 11.5 Å². The predicted octanol–water partition coefficient (Wildman–Crippen LogP) is 4.98. The number of nitrogens with one attached hydrogen (secondary N) is 2. The van der Waals surface area contributed by atoms with Crippen LogP contribution in [0.25, 0.3) is 0 Å². The molecule has 32 heavy (non-hydrogen) atoms. The first kappa shape index (κ1) is 21.9. The molecular weight excluding hydrogens is 404 g/mol. The molecule has 1 aliphatic carbocycles. The number of esters is 1. The molecule has 1 amide bonds. The fourth-order valence-electron chi connectivity index (χ4n) is 4.60. The van der Waals surface area contributed by atoms with Crippen LogP contribution in [0.4, 0.5) is 5.69 Å². The molecule has 2 aromatic rings. The van der Waals surface area contributed by atoms with Gasteiger partial charge >= 0.3 is 5.97 Å². The second kappa shape index (κ2) is 8.34. The summed E-state index contributed by atoms with van der Waals surface area (Å²) in [4.78, 5) is 24.1. The highest BCUT2D eigenvalue weighted by Crippen LogP contribution is 2.50. The third-order valence-corrected chi connectivity index (χ3v) is 5.91. The van der Waals surface area contributed by atoms with E-state index in [1.165, 1.54) is 6.92 Å². The summed E-state index contributed by atoms with van der Waals surface area (Å²) in [6.45, 7) is 7.31. The number of amides is 1. The van der Waals surface area contributed by atoms with E-state index in [0.29, 0.717) is 23.0 Å². The van der Waals surface area contributed by atoms with Gasteiger partial charge < -0.3 is 20.1 Å². The van der Waals surface area contributed by atoms with Gasteiger partial charge in [0.1, 0.15) is 0 Å². The van der Waals surface area contributed by atoms with Gasteiger partial charge in [0.25, 0.3) is 5.91 Å². The van der Waals surface area contributed by atoms with Gasteiger partial charge in [-0.25, -0.2) is 0 Å². The van der Waals surface area contributed by atoms with E-state index in [1.807, 2.05) is 51.1 Å². The SMILES string of the molecule is COc1cc(C2Nc3ccc(C(=O)NC(C)(C)C)cc3C3C=CCC32)ccc1OC(C)=O. The number of carbonyl (C=O) groups excluding carboxylic acids is 2. The molecule has 6 nitrogen and oxygen atoms in total.